The lowest BCUT2D eigenvalue weighted by molar-refractivity contribution is 0.0693. The fourth-order valence-corrected chi connectivity index (χ4v) is 1.76. The molecule has 0 aliphatic rings. The zero-order valence-electron chi connectivity index (χ0n) is 11.0. The van der Waals surface area contributed by atoms with Crippen LogP contribution in [0.1, 0.15) is 26.4 Å². The van der Waals surface area contributed by atoms with E-state index in [1.165, 1.54) is 30.5 Å². The standard InChI is InChI=1S/C14H12N2O5/c1-7-5-11(17)9(6-15-7)13(19)16-10-4-2-3-8(12(10)18)14(20)21/h2-6,18H,1H3,(H,15,17)(H,16,19)(H,20,21). The van der Waals surface area contributed by atoms with Crippen LogP contribution in [0.2, 0.25) is 0 Å². The Bertz CT molecular complexity index is 779. The fraction of sp³-hybridized carbons (Fsp3) is 0.0714. The molecule has 108 valence electrons. The number of hydrogen-bond acceptors (Lipinski definition) is 4. The summed E-state index contributed by atoms with van der Waals surface area (Å²) in [5.74, 6) is -2.63. The van der Waals surface area contributed by atoms with Gasteiger partial charge in [-0.15, -0.1) is 0 Å². The molecular weight excluding hydrogens is 276 g/mol. The predicted octanol–water partition coefficient (Wildman–Crippen LogP) is 1.34. The van der Waals surface area contributed by atoms with E-state index in [-0.39, 0.29) is 16.8 Å². The lowest BCUT2D eigenvalue weighted by atomic mass is 10.1. The predicted molar refractivity (Wildman–Crippen MR) is 74.8 cm³/mol. The minimum Gasteiger partial charge on any atom is -0.505 e. The van der Waals surface area contributed by atoms with E-state index >= 15 is 0 Å². The molecule has 7 nitrogen and oxygen atoms in total. The van der Waals surface area contributed by atoms with Gasteiger partial charge >= 0.3 is 5.97 Å². The van der Waals surface area contributed by atoms with Gasteiger partial charge in [-0.2, -0.15) is 0 Å². The number of benzene rings is 1. The van der Waals surface area contributed by atoms with Gasteiger partial charge in [0.25, 0.3) is 5.91 Å². The van der Waals surface area contributed by atoms with Crippen LogP contribution in [0, 0.1) is 6.92 Å². The number of amides is 1. The second-order valence-electron chi connectivity index (χ2n) is 4.35. The van der Waals surface area contributed by atoms with Crippen LogP contribution in [-0.4, -0.2) is 27.1 Å². The van der Waals surface area contributed by atoms with Crippen molar-refractivity contribution in [3.05, 3.63) is 57.5 Å². The quantitative estimate of drug-likeness (QED) is 0.635. The van der Waals surface area contributed by atoms with E-state index in [2.05, 4.69) is 10.3 Å². The summed E-state index contributed by atoms with van der Waals surface area (Å²) in [5.41, 5.74) is -0.434. The molecule has 1 heterocycles. The molecule has 0 unspecified atom stereocenters. The number of carboxylic acids is 1. The Morgan fingerprint density at radius 2 is 1.95 bits per heavy atom. The summed E-state index contributed by atoms with van der Waals surface area (Å²) in [6.07, 6.45) is 1.26. The molecule has 21 heavy (non-hydrogen) atoms. The van der Waals surface area contributed by atoms with Gasteiger partial charge in [0.15, 0.2) is 11.2 Å². The summed E-state index contributed by atoms with van der Waals surface area (Å²) in [6, 6.07) is 5.18. The molecule has 0 fully saturated rings. The summed E-state index contributed by atoms with van der Waals surface area (Å²) in [5, 5.41) is 21.0. The van der Waals surface area contributed by atoms with Crippen LogP contribution >= 0.6 is 0 Å². The Kier molecular flexibility index (Phi) is 3.75. The van der Waals surface area contributed by atoms with Gasteiger partial charge < -0.3 is 20.5 Å². The third kappa shape index (κ3) is 2.92. The first-order valence-corrected chi connectivity index (χ1v) is 5.96. The highest BCUT2D eigenvalue weighted by Gasteiger charge is 2.16. The SMILES string of the molecule is Cc1cc(=O)c(C(=O)Nc2cccc(C(=O)O)c2O)c[nH]1. The van der Waals surface area contributed by atoms with E-state index in [4.69, 9.17) is 5.11 Å². The van der Waals surface area contributed by atoms with Gasteiger partial charge in [-0.1, -0.05) is 6.07 Å². The number of aryl methyl sites for hydroxylation is 1. The number of phenols is 1. The molecule has 0 radical (unpaired) electrons. The fourth-order valence-electron chi connectivity index (χ4n) is 1.76. The molecule has 0 saturated heterocycles. The van der Waals surface area contributed by atoms with Crippen LogP contribution in [0.3, 0.4) is 0 Å². The number of aromatic hydroxyl groups is 1. The van der Waals surface area contributed by atoms with Crippen molar-refractivity contribution in [1.29, 1.82) is 0 Å². The van der Waals surface area contributed by atoms with Crippen LogP contribution in [0.4, 0.5) is 5.69 Å². The first-order valence-electron chi connectivity index (χ1n) is 5.96. The minimum atomic E-state index is -1.32. The molecule has 0 aliphatic heterocycles. The maximum absolute atomic E-state index is 12.0. The van der Waals surface area contributed by atoms with Crippen LogP contribution < -0.4 is 10.7 Å². The van der Waals surface area contributed by atoms with Crippen molar-refractivity contribution in [2.75, 3.05) is 5.32 Å². The monoisotopic (exact) mass is 288 g/mol. The van der Waals surface area contributed by atoms with E-state index in [1.807, 2.05) is 0 Å². The number of H-pyrrole nitrogens is 1. The zero-order valence-corrected chi connectivity index (χ0v) is 11.0. The lowest BCUT2D eigenvalue weighted by Gasteiger charge is -2.08. The average Bonchev–Trinajstić information content (AvgIpc) is 2.40. The van der Waals surface area contributed by atoms with Crippen LogP contribution in [0.5, 0.6) is 5.75 Å². The molecule has 1 aromatic heterocycles. The van der Waals surface area contributed by atoms with Crippen molar-refractivity contribution >= 4 is 17.6 Å². The Labute approximate surface area is 118 Å². The van der Waals surface area contributed by atoms with Crippen molar-refractivity contribution in [2.24, 2.45) is 0 Å². The summed E-state index contributed by atoms with van der Waals surface area (Å²) < 4.78 is 0. The third-order valence-corrected chi connectivity index (χ3v) is 2.82. The molecule has 2 rings (SSSR count). The highest BCUT2D eigenvalue weighted by Crippen LogP contribution is 2.27. The second-order valence-corrected chi connectivity index (χ2v) is 4.35. The Morgan fingerprint density at radius 1 is 1.24 bits per heavy atom. The van der Waals surface area contributed by atoms with Crippen LogP contribution in [0.15, 0.2) is 35.3 Å². The smallest absolute Gasteiger partial charge is 0.339 e. The number of carboxylic acid groups (broad SMARTS) is 1. The highest BCUT2D eigenvalue weighted by molar-refractivity contribution is 6.06. The summed E-state index contributed by atoms with van der Waals surface area (Å²) >= 11 is 0. The molecule has 0 aliphatic carbocycles. The van der Waals surface area contributed by atoms with Gasteiger partial charge in [0.2, 0.25) is 0 Å². The van der Waals surface area contributed by atoms with Crippen molar-refractivity contribution in [2.45, 2.75) is 6.92 Å². The van der Waals surface area contributed by atoms with Gasteiger partial charge in [-0.3, -0.25) is 9.59 Å². The van der Waals surface area contributed by atoms with E-state index in [0.29, 0.717) is 5.69 Å². The first-order chi connectivity index (χ1) is 9.90. The number of anilines is 1. The second kappa shape index (κ2) is 5.49. The van der Waals surface area contributed by atoms with Crippen molar-refractivity contribution in [1.82, 2.24) is 4.98 Å². The highest BCUT2D eigenvalue weighted by atomic mass is 16.4. The number of carbonyl (C=O) groups is 2. The number of aromatic nitrogens is 1. The van der Waals surface area contributed by atoms with E-state index < -0.39 is 23.1 Å². The molecule has 4 N–H and O–H groups in total. The molecule has 7 heteroatoms. The van der Waals surface area contributed by atoms with Crippen molar-refractivity contribution < 1.29 is 19.8 Å². The van der Waals surface area contributed by atoms with E-state index in [1.54, 1.807) is 6.92 Å². The largest absolute Gasteiger partial charge is 0.505 e. The maximum Gasteiger partial charge on any atom is 0.339 e. The minimum absolute atomic E-state index is 0.0834. The number of carbonyl (C=O) groups excluding carboxylic acids is 1. The molecule has 2 aromatic rings. The van der Waals surface area contributed by atoms with Gasteiger partial charge in [0, 0.05) is 18.0 Å². The summed E-state index contributed by atoms with van der Waals surface area (Å²) in [7, 11) is 0. The molecule has 0 atom stereocenters. The van der Waals surface area contributed by atoms with Crippen LogP contribution in [-0.2, 0) is 0 Å². The molecular formula is C14H12N2O5. The summed E-state index contributed by atoms with van der Waals surface area (Å²) in [4.78, 5) is 37.3. The number of rotatable bonds is 3. The van der Waals surface area contributed by atoms with Gasteiger partial charge in [-0.25, -0.2) is 4.79 Å². The number of aromatic amines is 1. The number of pyridine rings is 1. The van der Waals surface area contributed by atoms with E-state index in [0.717, 1.165) is 0 Å². The topological polar surface area (TPSA) is 119 Å². The number of hydrogen-bond donors (Lipinski definition) is 4. The van der Waals surface area contributed by atoms with Gasteiger partial charge in [-0.05, 0) is 19.1 Å². The van der Waals surface area contributed by atoms with Crippen molar-refractivity contribution in [3.63, 3.8) is 0 Å². The Balaban J connectivity index is 2.34. The summed E-state index contributed by atoms with van der Waals surface area (Å²) in [6.45, 7) is 1.67. The number of nitrogens with one attached hydrogen (secondary N) is 2. The van der Waals surface area contributed by atoms with Crippen molar-refractivity contribution in [3.8, 4) is 5.75 Å². The first kappa shape index (κ1) is 14.3. The number of aromatic carboxylic acids is 1. The number of para-hydroxylation sites is 1. The molecule has 0 spiro atoms. The molecule has 0 bridgehead atoms. The average molecular weight is 288 g/mol. The third-order valence-electron chi connectivity index (χ3n) is 2.82. The van der Waals surface area contributed by atoms with Gasteiger partial charge in [0.1, 0.15) is 11.1 Å². The Morgan fingerprint density at radius 3 is 2.57 bits per heavy atom. The molecule has 1 aromatic carbocycles. The zero-order chi connectivity index (χ0) is 15.6. The van der Waals surface area contributed by atoms with Crippen LogP contribution in [0.25, 0.3) is 0 Å². The lowest BCUT2D eigenvalue weighted by Crippen LogP contribution is -2.21. The molecule has 0 saturated carbocycles. The molecule has 1 amide bonds. The maximum atomic E-state index is 12.0. The Hall–Kier alpha value is -3.09. The van der Waals surface area contributed by atoms with E-state index in [9.17, 15) is 19.5 Å². The van der Waals surface area contributed by atoms with Gasteiger partial charge in [0.05, 0.1) is 5.69 Å². The normalized spacial score (nSPS) is 10.1.